The largest absolute Gasteiger partial charge is 0.311 e. The zero-order chi connectivity index (χ0) is 10.4. The molecule has 0 saturated carbocycles. The van der Waals surface area contributed by atoms with Crippen molar-refractivity contribution < 1.29 is 9.59 Å². The number of allylic oxidation sites excluding steroid dienone is 1. The van der Waals surface area contributed by atoms with E-state index in [1.807, 2.05) is 13.8 Å². The van der Waals surface area contributed by atoms with Crippen LogP contribution < -0.4 is 5.32 Å². The Morgan fingerprint density at radius 2 is 1.69 bits per heavy atom. The summed E-state index contributed by atoms with van der Waals surface area (Å²) in [5, 5.41) is 2.46. The molecule has 0 rings (SSSR count). The zero-order valence-electron chi connectivity index (χ0n) is 8.34. The number of nitrogens with zero attached hydrogens (tertiary/aromatic N) is 1. The van der Waals surface area contributed by atoms with E-state index in [1.165, 1.54) is 13.8 Å². The van der Waals surface area contributed by atoms with Crippen molar-refractivity contribution in [3.05, 3.63) is 11.6 Å². The van der Waals surface area contributed by atoms with Gasteiger partial charge >= 0.3 is 0 Å². The molecule has 4 nitrogen and oxygen atoms in total. The van der Waals surface area contributed by atoms with E-state index in [4.69, 9.17) is 0 Å². The molecule has 0 atom stereocenters. The lowest BCUT2D eigenvalue weighted by atomic mass is 10.3. The van der Waals surface area contributed by atoms with Gasteiger partial charge in [-0.3, -0.25) is 9.59 Å². The summed E-state index contributed by atoms with van der Waals surface area (Å²) in [4.78, 5) is 25.0. The molecule has 0 aliphatic heterocycles. The Morgan fingerprint density at radius 3 is 2.00 bits per heavy atom. The smallest absolute Gasteiger partial charge is 0.244 e. The number of hydrogen-bond donors (Lipinski definition) is 1. The minimum Gasteiger partial charge on any atom is -0.311 e. The molecule has 13 heavy (non-hydrogen) atoms. The van der Waals surface area contributed by atoms with Crippen LogP contribution in [0.15, 0.2) is 16.6 Å². The van der Waals surface area contributed by atoms with E-state index in [2.05, 4.69) is 10.3 Å². The molecule has 1 N–H and O–H groups in total. The number of amidine groups is 1. The lowest BCUT2D eigenvalue weighted by molar-refractivity contribution is -0.117. The van der Waals surface area contributed by atoms with E-state index in [1.54, 1.807) is 6.08 Å². The van der Waals surface area contributed by atoms with Gasteiger partial charge in [-0.25, -0.2) is 0 Å². The van der Waals surface area contributed by atoms with Crippen molar-refractivity contribution in [2.24, 2.45) is 4.99 Å². The van der Waals surface area contributed by atoms with Crippen molar-refractivity contribution in [2.75, 3.05) is 0 Å². The van der Waals surface area contributed by atoms with Gasteiger partial charge in [0.15, 0.2) is 0 Å². The van der Waals surface area contributed by atoms with Crippen molar-refractivity contribution >= 4 is 17.6 Å². The summed E-state index contributed by atoms with van der Waals surface area (Å²) in [5.74, 6) is -0.279. The molecule has 0 unspecified atom stereocenters. The highest BCUT2D eigenvalue weighted by molar-refractivity contribution is 6.08. The second-order valence-electron chi connectivity index (χ2n) is 2.92. The first kappa shape index (κ1) is 11.6. The second kappa shape index (κ2) is 5.24. The van der Waals surface area contributed by atoms with Gasteiger partial charge in [0.25, 0.3) is 0 Å². The molecule has 0 aliphatic rings. The molecule has 72 valence electrons. The summed E-state index contributed by atoms with van der Waals surface area (Å²) in [6.45, 7) is 6.42. The van der Waals surface area contributed by atoms with Gasteiger partial charge < -0.3 is 5.32 Å². The second-order valence-corrected chi connectivity index (χ2v) is 2.92. The third-order valence-corrected chi connectivity index (χ3v) is 1.01. The molecule has 0 radical (unpaired) electrons. The van der Waals surface area contributed by atoms with E-state index in [0.717, 1.165) is 5.57 Å². The molecule has 0 aromatic heterocycles. The van der Waals surface area contributed by atoms with Gasteiger partial charge in [0.05, 0.1) is 0 Å². The quantitative estimate of drug-likeness (QED) is 0.486. The van der Waals surface area contributed by atoms with Gasteiger partial charge in [-0.1, -0.05) is 5.57 Å². The Balaban J connectivity index is 4.66. The SMILES string of the molecule is CC(=O)N=C(C=C(C)C)NC(C)=O. The third-order valence-electron chi connectivity index (χ3n) is 1.01. The predicted octanol–water partition coefficient (Wildman–Crippen LogP) is 1.03. The standard InChI is InChI=1S/C9H14N2O2/c1-6(2)5-9(10-7(3)12)11-8(4)13/h5H,1-4H3,(H,10,11,12,13). The van der Waals surface area contributed by atoms with Crippen LogP contribution >= 0.6 is 0 Å². The summed E-state index contributed by atoms with van der Waals surface area (Å²) < 4.78 is 0. The van der Waals surface area contributed by atoms with Crippen molar-refractivity contribution in [2.45, 2.75) is 27.7 Å². The first-order chi connectivity index (χ1) is 5.91. The topological polar surface area (TPSA) is 58.5 Å². The number of amides is 2. The Bertz CT molecular complexity index is 273. The van der Waals surface area contributed by atoms with Gasteiger partial charge in [0.1, 0.15) is 5.84 Å². The summed E-state index contributed by atoms with van der Waals surface area (Å²) in [6.07, 6.45) is 1.64. The zero-order valence-corrected chi connectivity index (χ0v) is 8.34. The molecule has 0 aromatic rings. The van der Waals surface area contributed by atoms with E-state index in [0.29, 0.717) is 5.84 Å². The Hall–Kier alpha value is -1.45. The Kier molecular flexibility index (Phi) is 4.66. The minimum atomic E-state index is -0.332. The lowest BCUT2D eigenvalue weighted by Crippen LogP contribution is -2.27. The van der Waals surface area contributed by atoms with Crippen LogP contribution in [0.3, 0.4) is 0 Å². The van der Waals surface area contributed by atoms with E-state index in [9.17, 15) is 9.59 Å². The molecule has 2 amide bonds. The predicted molar refractivity (Wildman–Crippen MR) is 51.4 cm³/mol. The molecule has 0 bridgehead atoms. The molecule has 0 spiro atoms. The molecule has 4 heteroatoms. The van der Waals surface area contributed by atoms with Crippen LogP contribution in [0.25, 0.3) is 0 Å². The highest BCUT2D eigenvalue weighted by Gasteiger charge is 1.99. The average molecular weight is 182 g/mol. The molecule has 0 aliphatic carbocycles. The van der Waals surface area contributed by atoms with Crippen LogP contribution in [0.4, 0.5) is 0 Å². The van der Waals surface area contributed by atoms with Crippen LogP contribution in [-0.4, -0.2) is 17.6 Å². The van der Waals surface area contributed by atoms with Crippen molar-refractivity contribution in [3.8, 4) is 0 Å². The Morgan fingerprint density at radius 1 is 1.15 bits per heavy atom. The number of nitrogens with one attached hydrogen (secondary N) is 1. The summed E-state index contributed by atoms with van der Waals surface area (Å²) >= 11 is 0. The van der Waals surface area contributed by atoms with E-state index >= 15 is 0 Å². The third kappa shape index (κ3) is 6.93. The highest BCUT2D eigenvalue weighted by atomic mass is 16.2. The maximum Gasteiger partial charge on any atom is 0.244 e. The van der Waals surface area contributed by atoms with Gasteiger partial charge in [0, 0.05) is 13.8 Å². The van der Waals surface area contributed by atoms with Gasteiger partial charge in [-0.15, -0.1) is 0 Å². The molecular weight excluding hydrogens is 168 g/mol. The summed E-state index contributed by atoms with van der Waals surface area (Å²) in [6, 6.07) is 0. The number of hydrogen-bond acceptors (Lipinski definition) is 2. The molecule has 0 aromatic carbocycles. The lowest BCUT2D eigenvalue weighted by Gasteiger charge is -2.00. The van der Waals surface area contributed by atoms with Crippen LogP contribution in [0.5, 0.6) is 0 Å². The van der Waals surface area contributed by atoms with Crippen LogP contribution in [-0.2, 0) is 9.59 Å². The molecule has 0 saturated heterocycles. The number of rotatable bonds is 1. The van der Waals surface area contributed by atoms with Crippen LogP contribution in [0.1, 0.15) is 27.7 Å². The normalized spacial score (nSPS) is 10.6. The number of carbonyl (C=O) groups excluding carboxylic acids is 2. The number of aliphatic imine (C=N–C) groups is 1. The molecular formula is C9H14N2O2. The monoisotopic (exact) mass is 182 g/mol. The minimum absolute atomic E-state index is 0.238. The summed E-state index contributed by atoms with van der Waals surface area (Å²) in [5.41, 5.74) is 0.966. The van der Waals surface area contributed by atoms with E-state index in [-0.39, 0.29) is 11.8 Å². The van der Waals surface area contributed by atoms with Crippen molar-refractivity contribution in [3.63, 3.8) is 0 Å². The van der Waals surface area contributed by atoms with Crippen molar-refractivity contribution in [1.82, 2.24) is 5.32 Å². The first-order valence-corrected chi connectivity index (χ1v) is 3.93. The summed E-state index contributed by atoms with van der Waals surface area (Å²) in [7, 11) is 0. The van der Waals surface area contributed by atoms with Gasteiger partial charge in [-0.2, -0.15) is 4.99 Å². The number of carbonyl (C=O) groups is 2. The highest BCUT2D eigenvalue weighted by Crippen LogP contribution is 1.90. The fourth-order valence-corrected chi connectivity index (χ4v) is 0.720. The first-order valence-electron chi connectivity index (χ1n) is 3.93. The molecule has 0 heterocycles. The average Bonchev–Trinajstić information content (AvgIpc) is 1.80. The fraction of sp³-hybridized carbons (Fsp3) is 0.444. The van der Waals surface area contributed by atoms with Gasteiger partial charge in [-0.05, 0) is 19.9 Å². The molecule has 0 fully saturated rings. The fourth-order valence-electron chi connectivity index (χ4n) is 0.720. The van der Waals surface area contributed by atoms with Crippen LogP contribution in [0, 0.1) is 0 Å². The van der Waals surface area contributed by atoms with Crippen LogP contribution in [0.2, 0.25) is 0 Å². The van der Waals surface area contributed by atoms with E-state index < -0.39 is 0 Å². The maximum absolute atomic E-state index is 10.7. The Labute approximate surface area is 77.7 Å². The maximum atomic E-state index is 10.7. The van der Waals surface area contributed by atoms with Gasteiger partial charge in [0.2, 0.25) is 11.8 Å². The van der Waals surface area contributed by atoms with Crippen molar-refractivity contribution in [1.29, 1.82) is 0 Å².